The van der Waals surface area contributed by atoms with Crippen molar-refractivity contribution in [2.24, 2.45) is 0 Å². The Hall–Kier alpha value is -1.07. The van der Waals surface area contributed by atoms with Gasteiger partial charge in [0.05, 0.1) is 7.11 Å². The molecule has 1 atom stereocenters. The Bertz CT molecular complexity index is 396. The Labute approximate surface area is 111 Å². The zero-order valence-corrected chi connectivity index (χ0v) is 11.6. The molecule has 1 N–H and O–H groups in total. The van der Waals surface area contributed by atoms with E-state index in [1.54, 1.807) is 30.9 Å². The molecule has 5 heteroatoms. The first-order valence-electron chi connectivity index (χ1n) is 5.67. The topological polar surface area (TPSA) is 38.3 Å². The minimum absolute atomic E-state index is 0.242. The third-order valence-corrected chi connectivity index (χ3v) is 3.89. The first-order chi connectivity index (χ1) is 8.51. The van der Waals surface area contributed by atoms with Gasteiger partial charge in [-0.25, -0.2) is 4.39 Å². The van der Waals surface area contributed by atoms with Gasteiger partial charge in [-0.05, 0) is 44.7 Å². The number of carbonyl (C=O) groups is 1. The number of esters is 1. The molecule has 0 aromatic heterocycles. The van der Waals surface area contributed by atoms with Gasteiger partial charge < -0.3 is 10.1 Å². The molecule has 0 radical (unpaired) electrons. The predicted molar refractivity (Wildman–Crippen MR) is 71.2 cm³/mol. The first-order valence-corrected chi connectivity index (χ1v) is 6.66. The van der Waals surface area contributed by atoms with E-state index in [-0.39, 0.29) is 11.8 Å². The van der Waals surface area contributed by atoms with Crippen LogP contribution in [0.25, 0.3) is 0 Å². The molecule has 1 aromatic carbocycles. The maximum atomic E-state index is 12.7. The van der Waals surface area contributed by atoms with Crippen molar-refractivity contribution in [3.05, 3.63) is 30.1 Å². The van der Waals surface area contributed by atoms with Crippen LogP contribution in [-0.4, -0.2) is 31.4 Å². The normalized spacial score (nSPS) is 14.0. The Morgan fingerprint density at radius 1 is 1.44 bits per heavy atom. The van der Waals surface area contributed by atoms with E-state index in [1.165, 1.54) is 19.2 Å². The number of nitrogens with one attached hydrogen (secondary N) is 1. The summed E-state index contributed by atoms with van der Waals surface area (Å²) in [5, 5.41) is 2.98. The summed E-state index contributed by atoms with van der Waals surface area (Å²) in [6.45, 7) is 1.81. The SMILES string of the molecule is CNC(C)(CCSc1ccc(F)cc1)C(=O)OC. The molecule has 1 rings (SSSR count). The minimum Gasteiger partial charge on any atom is -0.468 e. The van der Waals surface area contributed by atoms with Gasteiger partial charge in [0.1, 0.15) is 11.4 Å². The van der Waals surface area contributed by atoms with Gasteiger partial charge in [0.15, 0.2) is 0 Å². The van der Waals surface area contributed by atoms with Crippen molar-refractivity contribution in [1.82, 2.24) is 5.32 Å². The number of benzene rings is 1. The minimum atomic E-state index is -0.679. The van der Waals surface area contributed by atoms with E-state index in [0.29, 0.717) is 6.42 Å². The summed E-state index contributed by atoms with van der Waals surface area (Å²) in [6.07, 6.45) is 0.637. The number of likely N-dealkylation sites (N-methyl/N-ethyl adjacent to an activating group) is 1. The highest BCUT2D eigenvalue weighted by molar-refractivity contribution is 7.99. The number of hydrogen-bond acceptors (Lipinski definition) is 4. The van der Waals surface area contributed by atoms with Gasteiger partial charge in [0.2, 0.25) is 0 Å². The quantitative estimate of drug-likeness (QED) is 0.637. The molecule has 0 bridgehead atoms. The van der Waals surface area contributed by atoms with Gasteiger partial charge in [-0.3, -0.25) is 4.79 Å². The molecule has 1 aromatic rings. The van der Waals surface area contributed by atoms with Crippen molar-refractivity contribution in [1.29, 1.82) is 0 Å². The average Bonchev–Trinajstić information content (AvgIpc) is 2.39. The highest BCUT2D eigenvalue weighted by Crippen LogP contribution is 2.22. The third-order valence-electron chi connectivity index (χ3n) is 2.87. The van der Waals surface area contributed by atoms with Gasteiger partial charge in [0, 0.05) is 10.6 Å². The van der Waals surface area contributed by atoms with E-state index in [0.717, 1.165) is 10.6 Å². The van der Waals surface area contributed by atoms with E-state index in [4.69, 9.17) is 4.74 Å². The molecule has 1 unspecified atom stereocenters. The molecule has 0 heterocycles. The summed E-state index contributed by atoms with van der Waals surface area (Å²) in [5.74, 6) is 0.233. The van der Waals surface area contributed by atoms with Gasteiger partial charge in [-0.1, -0.05) is 0 Å². The van der Waals surface area contributed by atoms with Gasteiger partial charge in [-0.2, -0.15) is 0 Å². The van der Waals surface area contributed by atoms with Crippen LogP contribution in [0.15, 0.2) is 29.2 Å². The van der Waals surface area contributed by atoms with E-state index in [2.05, 4.69) is 5.32 Å². The fourth-order valence-corrected chi connectivity index (χ4v) is 2.53. The summed E-state index contributed by atoms with van der Waals surface area (Å²) in [5.41, 5.74) is -0.679. The molecule has 0 aliphatic rings. The van der Waals surface area contributed by atoms with Gasteiger partial charge >= 0.3 is 5.97 Å². The van der Waals surface area contributed by atoms with Crippen LogP contribution in [-0.2, 0) is 9.53 Å². The fraction of sp³-hybridized carbons (Fsp3) is 0.462. The van der Waals surface area contributed by atoms with Crippen LogP contribution in [0.1, 0.15) is 13.3 Å². The zero-order chi connectivity index (χ0) is 13.6. The van der Waals surface area contributed by atoms with Crippen LogP contribution >= 0.6 is 11.8 Å². The Kier molecular flexibility index (Phi) is 5.62. The van der Waals surface area contributed by atoms with Crippen molar-refractivity contribution >= 4 is 17.7 Å². The van der Waals surface area contributed by atoms with Crippen LogP contribution in [0.2, 0.25) is 0 Å². The van der Waals surface area contributed by atoms with Crippen molar-refractivity contribution in [3.63, 3.8) is 0 Å². The molecule has 0 fully saturated rings. The zero-order valence-electron chi connectivity index (χ0n) is 10.8. The smallest absolute Gasteiger partial charge is 0.325 e. The molecule has 0 spiro atoms. The van der Waals surface area contributed by atoms with Crippen molar-refractivity contribution in [2.45, 2.75) is 23.8 Å². The maximum Gasteiger partial charge on any atom is 0.325 e. The molecular formula is C13H18FNO2S. The number of hydrogen-bond donors (Lipinski definition) is 1. The molecular weight excluding hydrogens is 253 g/mol. The van der Waals surface area contributed by atoms with Crippen LogP contribution in [0.5, 0.6) is 0 Å². The number of carbonyl (C=O) groups excluding carboxylic acids is 1. The first kappa shape index (κ1) is 15.0. The predicted octanol–water partition coefficient (Wildman–Crippen LogP) is 2.46. The van der Waals surface area contributed by atoms with Gasteiger partial charge in [0.25, 0.3) is 0 Å². The Morgan fingerprint density at radius 2 is 2.06 bits per heavy atom. The van der Waals surface area contributed by atoms with E-state index >= 15 is 0 Å². The Balaban J connectivity index is 2.49. The van der Waals surface area contributed by atoms with E-state index in [1.807, 2.05) is 6.92 Å². The standard InChI is InChI=1S/C13H18FNO2S/c1-13(15-2,12(16)17-3)8-9-18-11-6-4-10(14)5-7-11/h4-7,15H,8-9H2,1-3H3. The molecule has 0 saturated heterocycles. The maximum absolute atomic E-state index is 12.7. The third kappa shape index (κ3) is 3.99. The molecule has 18 heavy (non-hydrogen) atoms. The lowest BCUT2D eigenvalue weighted by Crippen LogP contribution is -2.48. The second kappa shape index (κ2) is 6.75. The van der Waals surface area contributed by atoms with E-state index < -0.39 is 5.54 Å². The van der Waals surface area contributed by atoms with Gasteiger partial charge in [-0.15, -0.1) is 11.8 Å². The number of methoxy groups -OCH3 is 1. The van der Waals surface area contributed by atoms with Crippen LogP contribution < -0.4 is 5.32 Å². The molecule has 100 valence electrons. The lowest BCUT2D eigenvalue weighted by Gasteiger charge is -2.25. The van der Waals surface area contributed by atoms with Crippen molar-refractivity contribution < 1.29 is 13.9 Å². The highest BCUT2D eigenvalue weighted by Gasteiger charge is 2.31. The summed E-state index contributed by atoms with van der Waals surface area (Å²) >= 11 is 1.58. The summed E-state index contributed by atoms with van der Waals surface area (Å²) in [7, 11) is 3.12. The van der Waals surface area contributed by atoms with Crippen molar-refractivity contribution in [3.8, 4) is 0 Å². The lowest BCUT2D eigenvalue weighted by atomic mass is 10.00. The molecule has 0 amide bonds. The number of thioether (sulfide) groups is 1. The fourth-order valence-electron chi connectivity index (χ4n) is 1.46. The summed E-state index contributed by atoms with van der Waals surface area (Å²) < 4.78 is 17.5. The summed E-state index contributed by atoms with van der Waals surface area (Å²) in [4.78, 5) is 12.6. The average molecular weight is 271 g/mol. The molecule has 0 aliphatic heterocycles. The highest BCUT2D eigenvalue weighted by atomic mass is 32.2. The van der Waals surface area contributed by atoms with Crippen LogP contribution in [0, 0.1) is 5.82 Å². The second-order valence-corrected chi connectivity index (χ2v) is 5.29. The van der Waals surface area contributed by atoms with Crippen molar-refractivity contribution in [2.75, 3.05) is 19.9 Å². The lowest BCUT2D eigenvalue weighted by molar-refractivity contribution is -0.147. The summed E-state index contributed by atoms with van der Waals surface area (Å²) in [6, 6.07) is 6.32. The monoisotopic (exact) mass is 271 g/mol. The number of ether oxygens (including phenoxy) is 1. The molecule has 3 nitrogen and oxygen atoms in total. The van der Waals surface area contributed by atoms with Crippen LogP contribution in [0.4, 0.5) is 4.39 Å². The molecule has 0 aliphatic carbocycles. The van der Waals surface area contributed by atoms with Crippen LogP contribution in [0.3, 0.4) is 0 Å². The second-order valence-electron chi connectivity index (χ2n) is 4.13. The molecule has 0 saturated carbocycles. The van der Waals surface area contributed by atoms with E-state index in [9.17, 15) is 9.18 Å². The Morgan fingerprint density at radius 3 is 2.56 bits per heavy atom. The number of rotatable bonds is 6. The number of halogens is 1. The largest absolute Gasteiger partial charge is 0.468 e.